The van der Waals surface area contributed by atoms with Gasteiger partial charge >= 0.3 is 0 Å². The van der Waals surface area contributed by atoms with Gasteiger partial charge < -0.3 is 14.1 Å². The van der Waals surface area contributed by atoms with Gasteiger partial charge in [-0.2, -0.15) is 0 Å². The molecule has 158 valence electrons. The van der Waals surface area contributed by atoms with Crippen LogP contribution < -0.4 is 0 Å². The van der Waals surface area contributed by atoms with Gasteiger partial charge in [-0.05, 0) is 37.1 Å². The number of sulfone groups is 1. The third-order valence-corrected chi connectivity index (χ3v) is 6.95. The quantitative estimate of drug-likeness (QED) is 0.557. The molecule has 9 heteroatoms. The lowest BCUT2D eigenvalue weighted by Gasteiger charge is -2.28. The number of ether oxygens (including phenoxy) is 1. The summed E-state index contributed by atoms with van der Waals surface area (Å²) in [5, 5.41) is 0.640. The highest BCUT2D eigenvalue weighted by molar-refractivity contribution is 7.91. The predicted molar refractivity (Wildman–Crippen MR) is 111 cm³/mol. The summed E-state index contributed by atoms with van der Waals surface area (Å²) in [5.74, 6) is 1.16. The van der Waals surface area contributed by atoms with Crippen LogP contribution in [0.4, 0.5) is 0 Å². The number of amides is 1. The molecule has 0 spiro atoms. The highest BCUT2D eigenvalue weighted by atomic mass is 35.5. The van der Waals surface area contributed by atoms with Crippen LogP contribution in [0.5, 0.6) is 0 Å². The van der Waals surface area contributed by atoms with Crippen LogP contribution in [-0.4, -0.2) is 62.0 Å². The van der Waals surface area contributed by atoms with E-state index in [4.69, 9.17) is 20.8 Å². The van der Waals surface area contributed by atoms with Crippen molar-refractivity contribution in [1.82, 2.24) is 9.88 Å². The van der Waals surface area contributed by atoms with Crippen LogP contribution in [0.1, 0.15) is 25.2 Å². The summed E-state index contributed by atoms with van der Waals surface area (Å²) < 4.78 is 34.5. The fourth-order valence-corrected chi connectivity index (χ4v) is 5.30. The van der Waals surface area contributed by atoms with E-state index in [1.807, 2.05) is 12.1 Å². The molecule has 2 aromatic rings. The molecular formula is C20H25ClN2O5S. The molecule has 1 aliphatic rings. The summed E-state index contributed by atoms with van der Waals surface area (Å²) in [6, 6.07) is 6.97. The number of hydrogen-bond acceptors (Lipinski definition) is 6. The SMILES string of the molecule is COCCCN(C(=O)CCc1ncc(-c2ccc(Cl)cc2)o1)C1CCS(=O)(=O)C1. The average molecular weight is 441 g/mol. The molecule has 0 aliphatic carbocycles. The van der Waals surface area contributed by atoms with Crippen molar-refractivity contribution in [3.8, 4) is 11.3 Å². The first-order valence-corrected chi connectivity index (χ1v) is 11.8. The van der Waals surface area contributed by atoms with E-state index in [0.29, 0.717) is 49.1 Å². The number of halogens is 1. The van der Waals surface area contributed by atoms with E-state index < -0.39 is 9.84 Å². The molecule has 3 rings (SSSR count). The van der Waals surface area contributed by atoms with Crippen LogP contribution in [0.3, 0.4) is 0 Å². The van der Waals surface area contributed by atoms with Crippen molar-refractivity contribution >= 4 is 27.3 Å². The minimum absolute atomic E-state index is 0.0332. The Morgan fingerprint density at radius 2 is 2.10 bits per heavy atom. The number of aryl methyl sites for hydroxylation is 1. The largest absolute Gasteiger partial charge is 0.441 e. The van der Waals surface area contributed by atoms with Crippen molar-refractivity contribution in [3.63, 3.8) is 0 Å². The number of hydrogen-bond donors (Lipinski definition) is 0. The van der Waals surface area contributed by atoms with Crippen molar-refractivity contribution in [2.24, 2.45) is 0 Å². The molecule has 0 radical (unpaired) electrons. The second kappa shape index (κ2) is 9.73. The van der Waals surface area contributed by atoms with Gasteiger partial charge in [-0.3, -0.25) is 4.79 Å². The highest BCUT2D eigenvalue weighted by Crippen LogP contribution is 2.23. The molecule has 1 fully saturated rings. The Bertz CT molecular complexity index is 927. The summed E-state index contributed by atoms with van der Waals surface area (Å²) >= 11 is 5.90. The molecule has 1 aliphatic heterocycles. The van der Waals surface area contributed by atoms with E-state index in [1.54, 1.807) is 30.3 Å². The second-order valence-corrected chi connectivity index (χ2v) is 9.78. The molecule has 0 N–H and O–H groups in total. The van der Waals surface area contributed by atoms with Gasteiger partial charge in [0.25, 0.3) is 0 Å². The van der Waals surface area contributed by atoms with Crippen molar-refractivity contribution in [3.05, 3.63) is 41.4 Å². The molecule has 29 heavy (non-hydrogen) atoms. The molecule has 1 amide bonds. The maximum Gasteiger partial charge on any atom is 0.223 e. The number of rotatable bonds is 9. The first-order valence-electron chi connectivity index (χ1n) is 9.57. The van der Waals surface area contributed by atoms with E-state index in [1.165, 1.54) is 0 Å². The predicted octanol–water partition coefficient (Wildman–Crippen LogP) is 2.98. The third-order valence-electron chi connectivity index (χ3n) is 4.95. The molecule has 1 saturated heterocycles. The standard InChI is InChI=1S/C20H25ClN2O5S/c1-27-11-2-10-23(17-9-12-29(25,26)14-17)20(24)8-7-19-22-13-18(28-19)15-3-5-16(21)6-4-15/h3-6,13,17H,2,7-12,14H2,1H3. The zero-order valence-electron chi connectivity index (χ0n) is 16.3. The molecule has 1 unspecified atom stereocenters. The molecule has 7 nitrogen and oxygen atoms in total. The van der Waals surface area contributed by atoms with Gasteiger partial charge in [0.05, 0.1) is 17.7 Å². The van der Waals surface area contributed by atoms with Gasteiger partial charge in [-0.1, -0.05) is 11.6 Å². The van der Waals surface area contributed by atoms with E-state index in [0.717, 1.165) is 5.56 Å². The van der Waals surface area contributed by atoms with E-state index in [-0.39, 0.29) is 29.9 Å². The van der Waals surface area contributed by atoms with Crippen LogP contribution in [0.15, 0.2) is 34.9 Å². The van der Waals surface area contributed by atoms with Crippen molar-refractivity contribution in [2.45, 2.75) is 31.7 Å². The number of carbonyl (C=O) groups is 1. The van der Waals surface area contributed by atoms with Crippen LogP contribution in [0, 0.1) is 0 Å². The third kappa shape index (κ3) is 6.04. The van der Waals surface area contributed by atoms with Gasteiger partial charge in [0, 0.05) is 49.7 Å². The molecule has 0 saturated carbocycles. The lowest BCUT2D eigenvalue weighted by molar-refractivity contribution is -0.133. The first-order chi connectivity index (χ1) is 13.9. The summed E-state index contributed by atoms with van der Waals surface area (Å²) in [5.41, 5.74) is 0.858. The Morgan fingerprint density at radius 3 is 2.76 bits per heavy atom. The Hall–Kier alpha value is -1.90. The highest BCUT2D eigenvalue weighted by Gasteiger charge is 2.34. The van der Waals surface area contributed by atoms with E-state index in [2.05, 4.69) is 4.98 Å². The topological polar surface area (TPSA) is 89.7 Å². The van der Waals surface area contributed by atoms with Crippen LogP contribution >= 0.6 is 11.6 Å². The summed E-state index contributed by atoms with van der Waals surface area (Å²) in [6.45, 7) is 1.00. The summed E-state index contributed by atoms with van der Waals surface area (Å²) in [4.78, 5) is 18.8. The lowest BCUT2D eigenvalue weighted by atomic mass is 10.1. The summed E-state index contributed by atoms with van der Waals surface area (Å²) in [7, 11) is -1.46. The number of carbonyl (C=O) groups excluding carboxylic acids is 1. The lowest BCUT2D eigenvalue weighted by Crippen LogP contribution is -2.42. The number of oxazole rings is 1. The Balaban J connectivity index is 1.61. The first kappa shape index (κ1) is 21.8. The minimum atomic E-state index is -3.07. The normalized spacial score (nSPS) is 18.1. The molecule has 0 bridgehead atoms. The van der Waals surface area contributed by atoms with E-state index in [9.17, 15) is 13.2 Å². The smallest absolute Gasteiger partial charge is 0.223 e. The van der Waals surface area contributed by atoms with Gasteiger partial charge in [0.1, 0.15) is 0 Å². The van der Waals surface area contributed by atoms with Gasteiger partial charge in [0.15, 0.2) is 21.5 Å². The average Bonchev–Trinajstić information content (AvgIpc) is 3.30. The second-order valence-electron chi connectivity index (χ2n) is 7.12. The fourth-order valence-electron chi connectivity index (χ4n) is 3.44. The molecular weight excluding hydrogens is 416 g/mol. The Morgan fingerprint density at radius 1 is 1.34 bits per heavy atom. The zero-order chi connectivity index (χ0) is 20.9. The number of nitrogens with zero attached hydrogens (tertiary/aromatic N) is 2. The summed E-state index contributed by atoms with van der Waals surface area (Å²) in [6.07, 6.45) is 3.35. The molecule has 1 aromatic carbocycles. The number of methoxy groups -OCH3 is 1. The van der Waals surface area contributed by atoms with Gasteiger partial charge in [-0.25, -0.2) is 13.4 Å². The van der Waals surface area contributed by atoms with Crippen molar-refractivity contribution in [1.29, 1.82) is 0 Å². The fraction of sp³-hybridized carbons (Fsp3) is 0.500. The van der Waals surface area contributed by atoms with Crippen molar-refractivity contribution < 1.29 is 22.4 Å². The minimum Gasteiger partial charge on any atom is -0.441 e. The molecule has 1 atom stereocenters. The molecule has 2 heterocycles. The van der Waals surface area contributed by atoms with Crippen LogP contribution in [0.2, 0.25) is 5.02 Å². The van der Waals surface area contributed by atoms with Crippen molar-refractivity contribution in [2.75, 3.05) is 31.8 Å². The monoisotopic (exact) mass is 440 g/mol. The Kier molecular flexibility index (Phi) is 7.32. The van der Waals surface area contributed by atoms with Gasteiger partial charge in [0.2, 0.25) is 5.91 Å². The van der Waals surface area contributed by atoms with Crippen LogP contribution in [0.25, 0.3) is 11.3 Å². The van der Waals surface area contributed by atoms with E-state index >= 15 is 0 Å². The number of aromatic nitrogens is 1. The zero-order valence-corrected chi connectivity index (χ0v) is 17.9. The van der Waals surface area contributed by atoms with Gasteiger partial charge in [-0.15, -0.1) is 0 Å². The van der Waals surface area contributed by atoms with Crippen LogP contribution in [-0.2, 0) is 25.8 Å². The maximum atomic E-state index is 12.8. The Labute approximate surface area is 175 Å². The maximum absolute atomic E-state index is 12.8. The molecule has 1 aromatic heterocycles. The number of benzene rings is 1.